The minimum Gasteiger partial charge on any atom is -0.480 e. The predicted octanol–water partition coefficient (Wildman–Crippen LogP) is 0.389. The average molecular weight is 672 g/mol. The number of aliphatic carboxylic acids is 2. The van der Waals surface area contributed by atoms with Crippen LogP contribution in [0.1, 0.15) is 117 Å². The summed E-state index contributed by atoms with van der Waals surface area (Å²) in [4.78, 5) is 96.5. The van der Waals surface area contributed by atoms with Crippen LogP contribution >= 0.6 is 0 Å². The number of rotatable bonds is 27. The molecular formula is C31H54N6O10. The number of hydrogen-bond donors (Lipinski definition) is 8. The third-order valence-electron chi connectivity index (χ3n) is 7.62. The highest BCUT2D eigenvalue weighted by molar-refractivity contribution is 6.07. The molecule has 0 aliphatic heterocycles. The van der Waals surface area contributed by atoms with Gasteiger partial charge in [0, 0.05) is 19.8 Å². The lowest BCUT2D eigenvalue weighted by Gasteiger charge is -2.25. The van der Waals surface area contributed by atoms with Gasteiger partial charge >= 0.3 is 11.9 Å². The van der Waals surface area contributed by atoms with Crippen molar-refractivity contribution in [3.05, 3.63) is 0 Å². The lowest BCUT2D eigenvalue weighted by Crippen LogP contribution is -2.56. The molecule has 2 unspecified atom stereocenters. The quantitative estimate of drug-likeness (QED) is 0.0437. The molecule has 47 heavy (non-hydrogen) atoms. The number of carbonyl (C=O) groups is 8. The molecule has 0 aromatic carbocycles. The molecule has 268 valence electrons. The normalized spacial score (nSPS) is 14.3. The Hall–Kier alpha value is -4.08. The van der Waals surface area contributed by atoms with Gasteiger partial charge in [-0.15, -0.1) is 0 Å². The summed E-state index contributed by atoms with van der Waals surface area (Å²) in [7, 11) is 0. The van der Waals surface area contributed by atoms with Crippen molar-refractivity contribution in [3.8, 4) is 0 Å². The number of carboxylic acid groups (broad SMARTS) is 2. The Labute approximate surface area is 277 Å². The third kappa shape index (κ3) is 18.6. The Balaban J connectivity index is 4.92. The first-order valence-electron chi connectivity index (χ1n) is 16.6. The molecule has 16 heteroatoms. The maximum absolute atomic E-state index is 12.9. The van der Waals surface area contributed by atoms with Gasteiger partial charge in [-0.2, -0.15) is 0 Å². The summed E-state index contributed by atoms with van der Waals surface area (Å²) < 4.78 is 7.37. The number of nitrogens with two attached hydrogens (primary N) is 2. The summed E-state index contributed by atoms with van der Waals surface area (Å²) in [5, 5.41) is 26.7. The lowest BCUT2D eigenvalue weighted by molar-refractivity contribution is -0.149. The molecule has 16 nitrogen and oxygen atoms in total. The van der Waals surface area contributed by atoms with E-state index in [1.54, 1.807) is 0 Å². The number of carboxylic acids is 2. The molecule has 0 rings (SSSR count). The van der Waals surface area contributed by atoms with Gasteiger partial charge in [0.05, 0.1) is 6.54 Å². The van der Waals surface area contributed by atoms with E-state index in [0.717, 1.165) is 26.2 Å². The van der Waals surface area contributed by atoms with E-state index in [1.165, 1.54) is 39.0 Å². The number of ketones is 1. The fourth-order valence-electron chi connectivity index (χ4n) is 4.69. The summed E-state index contributed by atoms with van der Waals surface area (Å²) in [6, 6.07) is -3.96. The summed E-state index contributed by atoms with van der Waals surface area (Å²) in [5.74, 6) is -7.97. The van der Waals surface area contributed by atoms with Gasteiger partial charge in [0.25, 0.3) is 0 Å². The van der Waals surface area contributed by atoms with Crippen molar-refractivity contribution in [3.63, 3.8) is 0 Å². The van der Waals surface area contributed by atoms with Gasteiger partial charge in [0.15, 0.2) is 12.7 Å². The molecular weight excluding hydrogens is 616 g/mol. The van der Waals surface area contributed by atoms with Crippen molar-refractivity contribution < 1.29 is 50.0 Å². The smallest absolute Gasteiger partial charge is 0.331 e. The van der Waals surface area contributed by atoms with Gasteiger partial charge in [-0.1, -0.05) is 58.3 Å². The molecule has 5 amide bonds. The maximum Gasteiger partial charge on any atom is 0.331 e. The zero-order valence-corrected chi connectivity index (χ0v) is 27.8. The van der Waals surface area contributed by atoms with Crippen LogP contribution in [-0.2, 0) is 38.4 Å². The standard InChI is InChI=1S/C31H54N6O10/c1-4-5-6-7-8-9-10-11-12-15-25(40)35-20(2)28(43)37-23(29(44)45)16-17-24(39)31(33,30(46)47)18-13-14-22(27(32)42)36-26(41)19-34-21(3)38/h20,22-23H,4-19,33H2,1-3H3,(H2,32,42)(H,34,38)(H,35,40)(H,36,41)(H,37,43)(H,44,45)(H,46,47)/t20-,22?,23+,31?/m0/s1/i/hD. The first kappa shape index (κ1) is 40.9. The Morgan fingerprint density at radius 3 is 1.85 bits per heavy atom. The molecule has 0 bridgehead atoms. The summed E-state index contributed by atoms with van der Waals surface area (Å²) >= 11 is 0. The highest BCUT2D eigenvalue weighted by atomic mass is 16.4. The van der Waals surface area contributed by atoms with E-state index in [-0.39, 0.29) is 25.2 Å². The van der Waals surface area contributed by atoms with E-state index in [2.05, 4.69) is 22.9 Å². The van der Waals surface area contributed by atoms with Gasteiger partial charge in [0.1, 0.15) is 18.1 Å². The second-order valence-electron chi connectivity index (χ2n) is 11.8. The zero-order chi connectivity index (χ0) is 36.9. The van der Waals surface area contributed by atoms with E-state index in [9.17, 15) is 48.6 Å². The molecule has 10 N–H and O–H groups in total. The van der Waals surface area contributed by atoms with Crippen LogP contribution < -0.4 is 32.7 Å². The van der Waals surface area contributed by atoms with Crippen molar-refractivity contribution >= 4 is 47.3 Å². The number of amides is 5. The summed E-state index contributed by atoms with van der Waals surface area (Å²) in [5.41, 5.74) is 8.70. The van der Waals surface area contributed by atoms with E-state index in [1.807, 2.05) is 0 Å². The van der Waals surface area contributed by atoms with Crippen LogP contribution in [0, 0.1) is 0 Å². The molecule has 0 aromatic heterocycles. The van der Waals surface area contributed by atoms with E-state index >= 15 is 0 Å². The molecule has 0 heterocycles. The minimum atomic E-state index is -2.48. The zero-order valence-electron chi connectivity index (χ0n) is 28.8. The number of Topliss-reactive ketones (excluding diaryl/α,β-unsaturated/α-hetero) is 1. The van der Waals surface area contributed by atoms with Crippen LogP contribution in [0.3, 0.4) is 0 Å². The first-order valence-corrected chi connectivity index (χ1v) is 16.2. The Kier molecular flexibility index (Phi) is 20.3. The molecule has 0 spiro atoms. The van der Waals surface area contributed by atoms with Crippen molar-refractivity contribution in [2.75, 3.05) is 6.54 Å². The van der Waals surface area contributed by atoms with Crippen molar-refractivity contribution in [2.24, 2.45) is 11.5 Å². The molecule has 0 aliphatic carbocycles. The Morgan fingerprint density at radius 1 is 0.766 bits per heavy atom. The summed E-state index contributed by atoms with van der Waals surface area (Å²) in [6.45, 7) is 3.93. The minimum absolute atomic E-state index is 0.185. The Bertz CT molecular complexity index is 1120. The number of unbranched alkanes of at least 4 members (excludes halogenated alkanes) is 8. The van der Waals surface area contributed by atoms with Gasteiger partial charge in [-0.3, -0.25) is 28.8 Å². The van der Waals surface area contributed by atoms with Crippen LogP contribution in [0.2, 0.25) is 1.41 Å². The van der Waals surface area contributed by atoms with Crippen LogP contribution in [-0.4, -0.2) is 87.7 Å². The van der Waals surface area contributed by atoms with Crippen molar-refractivity contribution in [1.82, 2.24) is 21.3 Å². The molecule has 0 radical (unpaired) electrons. The fourth-order valence-corrected chi connectivity index (χ4v) is 4.69. The lowest BCUT2D eigenvalue weighted by atomic mass is 9.85. The highest BCUT2D eigenvalue weighted by Crippen LogP contribution is 2.18. The average Bonchev–Trinajstić information content (AvgIpc) is 3.00. The molecule has 0 aliphatic rings. The molecule has 0 saturated carbocycles. The van der Waals surface area contributed by atoms with E-state index < -0.39 is 90.8 Å². The van der Waals surface area contributed by atoms with Gasteiger partial charge < -0.3 is 42.9 Å². The topological polar surface area (TPSA) is 277 Å². The molecule has 4 atom stereocenters. The van der Waals surface area contributed by atoms with Crippen molar-refractivity contribution in [1.29, 1.82) is 0 Å². The first-order chi connectivity index (χ1) is 22.5. The molecule has 0 aromatic rings. The van der Waals surface area contributed by atoms with Crippen LogP contribution in [0.4, 0.5) is 0 Å². The van der Waals surface area contributed by atoms with Gasteiger partial charge in [-0.25, -0.2) is 9.59 Å². The third-order valence-corrected chi connectivity index (χ3v) is 7.62. The SMILES string of the molecule is [2H]N(CC(=O)NC(CCCC(N)(C(=O)O)C(=O)CC[C@@H](NC(=O)[C@H](C)NC(=O)CCCCCCCCCCC)C(=O)O)C(N)=O)C(C)=O. The molecule has 0 saturated heterocycles. The largest absolute Gasteiger partial charge is 0.480 e. The van der Waals surface area contributed by atoms with E-state index in [0.29, 0.717) is 11.7 Å². The highest BCUT2D eigenvalue weighted by Gasteiger charge is 2.42. The van der Waals surface area contributed by atoms with Gasteiger partial charge in [-0.05, 0) is 39.0 Å². The number of nitrogens with one attached hydrogen (secondary N) is 4. The number of carbonyl (C=O) groups excluding carboxylic acids is 6. The monoisotopic (exact) mass is 671 g/mol. The van der Waals surface area contributed by atoms with Crippen LogP contribution in [0.25, 0.3) is 0 Å². The van der Waals surface area contributed by atoms with Crippen molar-refractivity contribution in [2.45, 2.75) is 141 Å². The second-order valence-corrected chi connectivity index (χ2v) is 11.8. The van der Waals surface area contributed by atoms with Crippen LogP contribution in [0.5, 0.6) is 0 Å². The van der Waals surface area contributed by atoms with E-state index in [4.69, 9.17) is 12.9 Å². The van der Waals surface area contributed by atoms with Crippen LogP contribution in [0.15, 0.2) is 0 Å². The fraction of sp³-hybridized carbons (Fsp3) is 0.742. The number of primary amides is 1. The predicted molar refractivity (Wildman–Crippen MR) is 171 cm³/mol. The second kappa shape index (κ2) is 23.3. The maximum atomic E-state index is 12.9. The number of hydrogen-bond acceptors (Lipinski definition) is 9. The Morgan fingerprint density at radius 2 is 1.34 bits per heavy atom. The van der Waals surface area contributed by atoms with Gasteiger partial charge in [0.2, 0.25) is 29.5 Å². The summed E-state index contributed by atoms with van der Waals surface area (Å²) in [6.07, 6.45) is 7.86. The molecule has 0 fully saturated rings.